The molecule has 1 aromatic rings. The molecule has 0 spiro atoms. The zero-order valence-corrected chi connectivity index (χ0v) is 8.61. The van der Waals surface area contributed by atoms with Crippen molar-refractivity contribution in [3.63, 3.8) is 0 Å². The summed E-state index contributed by atoms with van der Waals surface area (Å²) in [5.41, 5.74) is 0.620. The molecule has 13 heavy (non-hydrogen) atoms. The number of halogens is 2. The van der Waals surface area contributed by atoms with Crippen LogP contribution in [0.25, 0.3) is 0 Å². The van der Waals surface area contributed by atoms with Gasteiger partial charge in [-0.3, -0.25) is 0 Å². The second-order valence-electron chi connectivity index (χ2n) is 2.77. The molecule has 0 unspecified atom stereocenters. The number of benzene rings is 1. The molecule has 0 aromatic heterocycles. The van der Waals surface area contributed by atoms with Gasteiger partial charge in [-0.1, -0.05) is 11.6 Å². The molecule has 0 aliphatic heterocycles. The Morgan fingerprint density at radius 3 is 2.38 bits per heavy atom. The van der Waals surface area contributed by atoms with Crippen LogP contribution in [-0.4, -0.2) is 13.1 Å². The smallest absolute Gasteiger partial charge is 0.147 e. The molecule has 0 fully saturated rings. The summed E-state index contributed by atoms with van der Waals surface area (Å²) >= 11 is 5.65. The predicted octanol–water partition coefficient (Wildman–Crippen LogP) is 3.33. The van der Waals surface area contributed by atoms with Gasteiger partial charge in [-0.05, 0) is 32.0 Å². The van der Waals surface area contributed by atoms with Gasteiger partial charge >= 0.3 is 0 Å². The van der Waals surface area contributed by atoms with Gasteiger partial charge in [-0.25, -0.2) is 4.39 Å². The van der Waals surface area contributed by atoms with E-state index in [1.165, 1.54) is 6.07 Å². The Balaban J connectivity index is 2.99. The van der Waals surface area contributed by atoms with Gasteiger partial charge in [-0.15, -0.1) is 0 Å². The van der Waals surface area contributed by atoms with E-state index in [9.17, 15) is 4.39 Å². The molecular formula is C10H13ClFN. The van der Waals surface area contributed by atoms with Crippen molar-refractivity contribution in [1.29, 1.82) is 0 Å². The lowest BCUT2D eigenvalue weighted by Gasteiger charge is -2.21. The molecule has 0 aliphatic rings. The molecule has 1 nitrogen and oxygen atoms in total. The number of anilines is 1. The fourth-order valence-corrected chi connectivity index (χ4v) is 1.46. The Morgan fingerprint density at radius 2 is 1.92 bits per heavy atom. The van der Waals surface area contributed by atoms with E-state index in [1.807, 2.05) is 18.7 Å². The third-order valence-electron chi connectivity index (χ3n) is 2.01. The standard InChI is InChI=1S/C10H13ClFN/c1-3-13(4-2)10-6-5-8(11)7-9(10)12/h5-7H,3-4H2,1-2H3. The van der Waals surface area contributed by atoms with Crippen LogP contribution in [0, 0.1) is 5.82 Å². The normalized spacial score (nSPS) is 10.2. The average Bonchev–Trinajstić information content (AvgIpc) is 2.10. The van der Waals surface area contributed by atoms with E-state index in [2.05, 4.69) is 0 Å². The SMILES string of the molecule is CCN(CC)c1ccc(Cl)cc1F. The zero-order chi connectivity index (χ0) is 9.84. The van der Waals surface area contributed by atoms with Crippen LogP contribution >= 0.6 is 11.6 Å². The topological polar surface area (TPSA) is 3.24 Å². The summed E-state index contributed by atoms with van der Waals surface area (Å²) in [6.45, 7) is 5.60. The van der Waals surface area contributed by atoms with E-state index >= 15 is 0 Å². The lowest BCUT2D eigenvalue weighted by atomic mass is 10.2. The Bertz CT molecular complexity index is 284. The molecule has 0 radical (unpaired) electrons. The summed E-state index contributed by atoms with van der Waals surface area (Å²) in [7, 11) is 0. The largest absolute Gasteiger partial charge is 0.370 e. The summed E-state index contributed by atoms with van der Waals surface area (Å²) in [6, 6.07) is 4.76. The molecule has 0 N–H and O–H groups in total. The second-order valence-corrected chi connectivity index (χ2v) is 3.20. The van der Waals surface area contributed by atoms with Crippen molar-refractivity contribution in [2.75, 3.05) is 18.0 Å². The summed E-state index contributed by atoms with van der Waals surface area (Å²) in [5, 5.41) is 0.438. The molecule has 0 heterocycles. The second kappa shape index (κ2) is 4.47. The lowest BCUT2D eigenvalue weighted by molar-refractivity contribution is 0.620. The van der Waals surface area contributed by atoms with Crippen molar-refractivity contribution in [3.8, 4) is 0 Å². The number of hydrogen-bond donors (Lipinski definition) is 0. The van der Waals surface area contributed by atoms with Crippen LogP contribution < -0.4 is 4.90 Å². The van der Waals surface area contributed by atoms with Gasteiger partial charge in [0.05, 0.1) is 5.69 Å². The number of rotatable bonds is 3. The maximum Gasteiger partial charge on any atom is 0.147 e. The predicted molar refractivity (Wildman–Crippen MR) is 55.0 cm³/mol. The van der Waals surface area contributed by atoms with E-state index in [-0.39, 0.29) is 5.82 Å². The van der Waals surface area contributed by atoms with Gasteiger partial charge in [0.25, 0.3) is 0 Å². The minimum atomic E-state index is -0.254. The van der Waals surface area contributed by atoms with Crippen molar-refractivity contribution < 1.29 is 4.39 Å². The lowest BCUT2D eigenvalue weighted by Crippen LogP contribution is -2.22. The van der Waals surface area contributed by atoms with Gasteiger partial charge in [0.15, 0.2) is 0 Å². The monoisotopic (exact) mass is 201 g/mol. The van der Waals surface area contributed by atoms with Crippen LogP contribution in [0.15, 0.2) is 18.2 Å². The first-order chi connectivity index (χ1) is 6.19. The molecule has 0 amide bonds. The van der Waals surface area contributed by atoms with E-state index in [0.29, 0.717) is 10.7 Å². The van der Waals surface area contributed by atoms with E-state index in [1.54, 1.807) is 12.1 Å². The van der Waals surface area contributed by atoms with E-state index in [4.69, 9.17) is 11.6 Å². The molecule has 0 atom stereocenters. The first-order valence-corrected chi connectivity index (χ1v) is 4.76. The molecule has 3 heteroatoms. The van der Waals surface area contributed by atoms with Crippen molar-refractivity contribution in [1.82, 2.24) is 0 Å². The van der Waals surface area contributed by atoms with Crippen LogP contribution in [0.4, 0.5) is 10.1 Å². The minimum absolute atomic E-state index is 0.254. The van der Waals surface area contributed by atoms with Crippen molar-refractivity contribution in [2.24, 2.45) is 0 Å². The molecule has 1 aromatic carbocycles. The Labute approximate surface area is 83.1 Å². The number of nitrogens with zero attached hydrogens (tertiary/aromatic N) is 1. The van der Waals surface area contributed by atoms with Crippen molar-refractivity contribution >= 4 is 17.3 Å². The van der Waals surface area contributed by atoms with Crippen LogP contribution in [0.3, 0.4) is 0 Å². The van der Waals surface area contributed by atoms with E-state index < -0.39 is 0 Å². The molecule has 0 saturated carbocycles. The van der Waals surface area contributed by atoms with Crippen LogP contribution in [-0.2, 0) is 0 Å². The highest BCUT2D eigenvalue weighted by Gasteiger charge is 2.07. The molecule has 0 saturated heterocycles. The van der Waals surface area contributed by atoms with Crippen LogP contribution in [0.5, 0.6) is 0 Å². The molecular weight excluding hydrogens is 189 g/mol. The third-order valence-corrected chi connectivity index (χ3v) is 2.25. The van der Waals surface area contributed by atoms with Gasteiger partial charge < -0.3 is 4.90 Å². The summed E-state index contributed by atoms with van der Waals surface area (Å²) in [4.78, 5) is 1.95. The van der Waals surface area contributed by atoms with Crippen molar-refractivity contribution in [2.45, 2.75) is 13.8 Å². The highest BCUT2D eigenvalue weighted by atomic mass is 35.5. The number of hydrogen-bond acceptors (Lipinski definition) is 1. The van der Waals surface area contributed by atoms with Crippen molar-refractivity contribution in [3.05, 3.63) is 29.0 Å². The average molecular weight is 202 g/mol. The molecule has 0 bridgehead atoms. The summed E-state index contributed by atoms with van der Waals surface area (Å²) in [6.07, 6.45) is 0. The molecule has 72 valence electrons. The first-order valence-electron chi connectivity index (χ1n) is 4.39. The summed E-state index contributed by atoms with van der Waals surface area (Å²) < 4.78 is 13.3. The Kier molecular flexibility index (Phi) is 3.55. The zero-order valence-electron chi connectivity index (χ0n) is 7.85. The quantitative estimate of drug-likeness (QED) is 0.725. The third kappa shape index (κ3) is 2.34. The van der Waals surface area contributed by atoms with Gasteiger partial charge in [0.2, 0.25) is 0 Å². The Hall–Kier alpha value is -0.760. The maximum absolute atomic E-state index is 13.3. The van der Waals surface area contributed by atoms with Gasteiger partial charge in [0, 0.05) is 18.1 Å². The maximum atomic E-state index is 13.3. The highest BCUT2D eigenvalue weighted by molar-refractivity contribution is 6.30. The molecule has 1 rings (SSSR count). The van der Waals surface area contributed by atoms with Crippen LogP contribution in [0.2, 0.25) is 5.02 Å². The van der Waals surface area contributed by atoms with E-state index in [0.717, 1.165) is 13.1 Å². The highest BCUT2D eigenvalue weighted by Crippen LogP contribution is 2.22. The van der Waals surface area contributed by atoms with Gasteiger partial charge in [-0.2, -0.15) is 0 Å². The first kappa shape index (κ1) is 10.3. The summed E-state index contributed by atoms with van der Waals surface area (Å²) in [5.74, 6) is -0.254. The minimum Gasteiger partial charge on any atom is -0.370 e. The van der Waals surface area contributed by atoms with Crippen LogP contribution in [0.1, 0.15) is 13.8 Å². The molecule has 0 aliphatic carbocycles. The fourth-order valence-electron chi connectivity index (χ4n) is 1.30. The fraction of sp³-hybridized carbons (Fsp3) is 0.400. The van der Waals surface area contributed by atoms with Gasteiger partial charge in [0.1, 0.15) is 5.82 Å². The Morgan fingerprint density at radius 1 is 1.31 bits per heavy atom.